The summed E-state index contributed by atoms with van der Waals surface area (Å²) < 4.78 is 16.0. The number of hydrogen-bond acceptors (Lipinski definition) is 11. The van der Waals surface area contributed by atoms with E-state index < -0.39 is 39.4 Å². The van der Waals surface area contributed by atoms with Crippen LogP contribution in [-0.4, -0.2) is 109 Å². The minimum absolute atomic E-state index is 0. The minimum Gasteiger partial charge on any atom is -0.478 e. The maximum absolute atomic E-state index is 12.7. The van der Waals surface area contributed by atoms with Crippen molar-refractivity contribution in [1.82, 2.24) is 34.4 Å². The molecule has 0 bridgehead atoms. The monoisotopic (exact) mass is 966 g/mol. The third-order valence-electron chi connectivity index (χ3n) is 8.52. The van der Waals surface area contributed by atoms with E-state index in [4.69, 9.17) is 20.3 Å². The van der Waals surface area contributed by atoms with Gasteiger partial charge in [-0.05, 0) is 85.5 Å². The normalized spacial score (nSPS) is 13.2. The Morgan fingerprint density at radius 2 is 1.18 bits per heavy atom. The molecule has 4 aromatic heterocycles. The molecule has 4 aromatic rings. The van der Waals surface area contributed by atoms with Crippen molar-refractivity contribution in [1.29, 1.82) is 0 Å². The van der Waals surface area contributed by atoms with E-state index in [9.17, 15) is 19.8 Å². The van der Waals surface area contributed by atoms with Crippen LogP contribution in [0.1, 0.15) is 62.3 Å². The van der Waals surface area contributed by atoms with Crippen molar-refractivity contribution in [2.45, 2.75) is 130 Å². The highest BCUT2D eigenvalue weighted by atomic mass is 79.9. The number of carbonyl (C=O) groups excluding carboxylic acids is 1. The largest absolute Gasteiger partial charge is 0.478 e. The molecule has 0 aliphatic rings. The number of amides is 1. The van der Waals surface area contributed by atoms with E-state index in [2.05, 4.69) is 96.4 Å². The molecule has 0 saturated heterocycles. The van der Waals surface area contributed by atoms with Crippen molar-refractivity contribution in [3.63, 3.8) is 0 Å². The van der Waals surface area contributed by atoms with Gasteiger partial charge in [0.25, 0.3) is 5.91 Å². The standard InChI is InChI=1S/C18H29BrN4O3Si.C13H18BrN3O3Si.C5H13NO.ClH/c1-12(18(2,3)25)21-17(24)13-10-23(11-26-7-8-27(4,5)6)16-15(13)22-14(19)9-20-16;1-21(2,3)5-4-20-8-17-7-9(13(18)19)11-12(17)15-6-10(14)16-11;1-4(6)5(2,3)7;/h9-10,12,25H,7-8,11H2,1-6H3,(H,21,24);6-7H,4-5,8H2,1-3H3,(H,18,19);4,7H,6H2,1-3H3;1H/t12-;;4-;/m1.1./s1. The van der Waals surface area contributed by atoms with Crippen LogP contribution >= 0.6 is 44.3 Å². The Labute approximate surface area is 355 Å². The number of carboxylic acids is 1. The summed E-state index contributed by atoms with van der Waals surface area (Å²) in [5.41, 5.74) is 6.08. The van der Waals surface area contributed by atoms with Crippen molar-refractivity contribution in [3.05, 3.63) is 45.1 Å². The first-order valence-corrected chi connectivity index (χ1v) is 27.0. The highest BCUT2D eigenvalue weighted by Crippen LogP contribution is 2.22. The van der Waals surface area contributed by atoms with E-state index in [0.29, 0.717) is 57.0 Å². The Bertz CT molecular complexity index is 1890. The molecule has 0 unspecified atom stereocenters. The summed E-state index contributed by atoms with van der Waals surface area (Å²) in [5.74, 6) is -1.32. The fourth-order valence-corrected chi connectivity index (χ4v) is 6.19. The maximum Gasteiger partial charge on any atom is 0.339 e. The molecule has 0 aliphatic carbocycles. The smallest absolute Gasteiger partial charge is 0.339 e. The van der Waals surface area contributed by atoms with Crippen LogP contribution in [0.3, 0.4) is 0 Å². The molecular formula is C36H61Br2ClN8O7Si2. The van der Waals surface area contributed by atoms with Gasteiger partial charge in [0.1, 0.15) is 39.3 Å². The molecule has 4 rings (SSSR count). The number of nitrogens with zero attached hydrogens (tertiary/aromatic N) is 6. The van der Waals surface area contributed by atoms with Gasteiger partial charge in [0.05, 0.1) is 35.2 Å². The predicted molar refractivity (Wildman–Crippen MR) is 236 cm³/mol. The highest BCUT2D eigenvalue weighted by molar-refractivity contribution is 9.10. The van der Waals surface area contributed by atoms with Gasteiger partial charge in [-0.25, -0.2) is 24.7 Å². The number of nitrogens with two attached hydrogens (primary N) is 1. The molecule has 0 fully saturated rings. The third kappa shape index (κ3) is 17.3. The van der Waals surface area contributed by atoms with Crippen LogP contribution in [-0.2, 0) is 22.9 Å². The molecular weight excluding hydrogens is 908 g/mol. The molecule has 0 spiro atoms. The Morgan fingerprint density at radius 3 is 1.52 bits per heavy atom. The number of carboxylic acid groups (broad SMARTS) is 1. The number of ether oxygens (including phenoxy) is 2. The van der Waals surface area contributed by atoms with Crippen LogP contribution in [0, 0.1) is 0 Å². The zero-order valence-corrected chi connectivity index (χ0v) is 40.6. The second-order valence-electron chi connectivity index (χ2n) is 17.0. The lowest BCUT2D eigenvalue weighted by atomic mass is 10.0. The number of aliphatic hydroxyl groups is 2. The van der Waals surface area contributed by atoms with Crippen LogP contribution in [0.25, 0.3) is 22.3 Å². The van der Waals surface area contributed by atoms with Crippen LogP contribution < -0.4 is 11.1 Å². The van der Waals surface area contributed by atoms with Crippen molar-refractivity contribution in [3.8, 4) is 0 Å². The molecule has 20 heteroatoms. The first-order chi connectivity index (χ1) is 25.1. The topological polar surface area (TPSA) is 213 Å². The molecule has 56 heavy (non-hydrogen) atoms. The van der Waals surface area contributed by atoms with Gasteiger partial charge in [-0.3, -0.25) is 4.79 Å². The van der Waals surface area contributed by atoms with Crippen molar-refractivity contribution in [2.75, 3.05) is 13.2 Å². The van der Waals surface area contributed by atoms with Crippen molar-refractivity contribution >= 4 is 94.6 Å². The zero-order chi connectivity index (χ0) is 42.1. The lowest BCUT2D eigenvalue weighted by Gasteiger charge is -2.26. The lowest BCUT2D eigenvalue weighted by Crippen LogP contribution is -2.47. The average molecular weight is 969 g/mol. The van der Waals surface area contributed by atoms with Crippen LogP contribution in [0.15, 0.2) is 34.0 Å². The van der Waals surface area contributed by atoms with E-state index >= 15 is 0 Å². The molecule has 0 aromatic carbocycles. The number of halogens is 3. The summed E-state index contributed by atoms with van der Waals surface area (Å²) in [5, 5.41) is 31.1. The number of aromatic nitrogens is 6. The average Bonchev–Trinajstić information content (AvgIpc) is 3.58. The van der Waals surface area contributed by atoms with E-state index in [-0.39, 0.29) is 36.7 Å². The summed E-state index contributed by atoms with van der Waals surface area (Å²) in [6.07, 6.45) is 6.38. The maximum atomic E-state index is 12.7. The van der Waals surface area contributed by atoms with Gasteiger partial charge in [0.2, 0.25) is 0 Å². The van der Waals surface area contributed by atoms with Gasteiger partial charge in [0.15, 0.2) is 11.3 Å². The number of aromatic carboxylic acids is 1. The molecule has 1 amide bonds. The number of rotatable bonds is 15. The minimum atomic E-state index is -1.16. The van der Waals surface area contributed by atoms with Crippen LogP contribution in [0.2, 0.25) is 51.4 Å². The molecule has 4 heterocycles. The Kier molecular flexibility index (Phi) is 19.9. The number of fused-ring (bicyclic) bond motifs is 2. The Hall–Kier alpha value is -2.34. The summed E-state index contributed by atoms with van der Waals surface area (Å²) in [4.78, 5) is 41.2. The van der Waals surface area contributed by atoms with Crippen LogP contribution in [0.4, 0.5) is 0 Å². The van der Waals surface area contributed by atoms with E-state index in [1.807, 2.05) is 0 Å². The predicted octanol–water partition coefficient (Wildman–Crippen LogP) is 7.13. The molecule has 15 nitrogen and oxygen atoms in total. The van der Waals surface area contributed by atoms with E-state index in [0.717, 1.165) is 12.1 Å². The van der Waals surface area contributed by atoms with Crippen molar-refractivity contribution < 1.29 is 34.4 Å². The van der Waals surface area contributed by atoms with Gasteiger partial charge >= 0.3 is 5.97 Å². The second-order valence-corrected chi connectivity index (χ2v) is 29.9. The van der Waals surface area contributed by atoms with Gasteiger partial charge in [-0.1, -0.05) is 39.3 Å². The SMILES string of the molecule is C[C@@H](N)C(C)(C)O.C[C@@H](NC(=O)c1cn(COCC[Si](C)(C)C)c2ncc(Br)nc12)C(C)(C)O.C[Si](C)(C)CCOCn1cc(C(=O)O)c2nc(Br)cnc21.Cl. The van der Waals surface area contributed by atoms with Crippen molar-refractivity contribution in [2.24, 2.45) is 5.73 Å². The lowest BCUT2D eigenvalue weighted by molar-refractivity contribution is 0.0409. The number of nitrogens with one attached hydrogen (secondary N) is 1. The molecule has 0 aliphatic heterocycles. The van der Waals surface area contributed by atoms with Gasteiger partial charge in [-0.2, -0.15) is 0 Å². The number of hydrogen-bond donors (Lipinski definition) is 5. The van der Waals surface area contributed by atoms with Gasteiger partial charge in [-0.15, -0.1) is 12.4 Å². The molecule has 316 valence electrons. The first kappa shape index (κ1) is 51.7. The Morgan fingerprint density at radius 1 is 0.804 bits per heavy atom. The molecule has 6 N–H and O–H groups in total. The third-order valence-corrected chi connectivity index (χ3v) is 12.7. The number of carbonyl (C=O) groups is 2. The summed E-state index contributed by atoms with van der Waals surface area (Å²) in [6, 6.07) is 1.57. The quantitative estimate of drug-likeness (QED) is 0.0595. The molecule has 0 saturated carbocycles. The fourth-order valence-electron chi connectivity index (χ4n) is 4.11. The molecule has 2 atom stereocenters. The van der Waals surface area contributed by atoms with Crippen LogP contribution in [0.5, 0.6) is 0 Å². The fraction of sp³-hybridized carbons (Fsp3) is 0.611. The zero-order valence-electron chi connectivity index (χ0n) is 34.6. The van der Waals surface area contributed by atoms with E-state index in [1.165, 1.54) is 6.20 Å². The first-order valence-electron chi connectivity index (χ1n) is 18.0. The van der Waals surface area contributed by atoms with E-state index in [1.54, 1.807) is 69.3 Å². The second kappa shape index (κ2) is 21.6. The van der Waals surface area contributed by atoms with Gasteiger partial charge < -0.3 is 45.0 Å². The summed E-state index contributed by atoms with van der Waals surface area (Å²) >= 11 is 6.52. The Balaban J connectivity index is 0.000000481. The summed E-state index contributed by atoms with van der Waals surface area (Å²) in [6.45, 7) is 25.9. The highest BCUT2D eigenvalue weighted by Gasteiger charge is 2.27. The van der Waals surface area contributed by atoms with Gasteiger partial charge in [0, 0.05) is 47.8 Å². The molecule has 0 radical (unpaired) electrons. The summed E-state index contributed by atoms with van der Waals surface area (Å²) in [7, 11) is -2.29.